The normalized spacial score (nSPS) is 15.5. The molecule has 0 spiro atoms. The summed E-state index contributed by atoms with van der Waals surface area (Å²) < 4.78 is 7.11. The van der Waals surface area contributed by atoms with Crippen molar-refractivity contribution in [2.45, 2.75) is 19.9 Å². The van der Waals surface area contributed by atoms with E-state index in [4.69, 9.17) is 4.74 Å². The molecule has 1 saturated heterocycles. The third-order valence-corrected chi connectivity index (χ3v) is 4.91. The monoisotopic (exact) mass is 352 g/mol. The smallest absolute Gasteiger partial charge is 0.200 e. The van der Waals surface area contributed by atoms with Gasteiger partial charge >= 0.3 is 0 Å². The van der Waals surface area contributed by atoms with E-state index < -0.39 is 0 Å². The van der Waals surface area contributed by atoms with Crippen LogP contribution in [0.15, 0.2) is 36.7 Å². The fourth-order valence-corrected chi connectivity index (χ4v) is 3.44. The molecule has 0 bridgehead atoms. The van der Waals surface area contributed by atoms with E-state index in [1.807, 2.05) is 6.07 Å². The Balaban J connectivity index is 1.46. The molecule has 2 aromatic heterocycles. The van der Waals surface area contributed by atoms with Crippen LogP contribution in [0, 0.1) is 0 Å². The third-order valence-electron chi connectivity index (χ3n) is 4.91. The van der Waals surface area contributed by atoms with Crippen molar-refractivity contribution in [2.24, 2.45) is 0 Å². The molecule has 7 nitrogen and oxygen atoms in total. The Labute approximate surface area is 153 Å². The highest BCUT2D eigenvalue weighted by molar-refractivity contribution is 5.68. The first-order valence-corrected chi connectivity index (χ1v) is 9.07. The van der Waals surface area contributed by atoms with E-state index >= 15 is 0 Å². The van der Waals surface area contributed by atoms with Gasteiger partial charge in [0.25, 0.3) is 0 Å². The van der Waals surface area contributed by atoms with Crippen LogP contribution < -0.4 is 9.64 Å². The molecule has 0 unspecified atom stereocenters. The van der Waals surface area contributed by atoms with Gasteiger partial charge in [0.15, 0.2) is 0 Å². The fraction of sp³-hybridized carbons (Fsp3) is 0.421. The molecule has 7 heteroatoms. The van der Waals surface area contributed by atoms with Crippen molar-refractivity contribution in [3.05, 3.63) is 47.9 Å². The van der Waals surface area contributed by atoms with Gasteiger partial charge in [-0.05, 0) is 30.2 Å². The number of hydrogen-bond donors (Lipinski definition) is 0. The Morgan fingerprint density at radius 3 is 2.73 bits per heavy atom. The Hall–Kier alpha value is -2.67. The van der Waals surface area contributed by atoms with Crippen molar-refractivity contribution in [2.75, 3.05) is 38.2 Å². The van der Waals surface area contributed by atoms with Crippen molar-refractivity contribution >= 4 is 11.3 Å². The van der Waals surface area contributed by atoms with Gasteiger partial charge in [-0.2, -0.15) is 9.61 Å². The number of nitrogens with zero attached hydrogens (tertiary/aromatic N) is 6. The Kier molecular flexibility index (Phi) is 4.71. The summed E-state index contributed by atoms with van der Waals surface area (Å²) >= 11 is 0. The first-order chi connectivity index (χ1) is 12.8. The SMILES string of the molecule is CCc1cc(N2CCN(Cc3cccc(OC)c3)CC2)c2nncn2n1. The number of methoxy groups -OCH3 is 1. The van der Waals surface area contributed by atoms with Gasteiger partial charge in [0.2, 0.25) is 5.65 Å². The second-order valence-electron chi connectivity index (χ2n) is 6.59. The number of piperazine rings is 1. The predicted molar refractivity (Wildman–Crippen MR) is 101 cm³/mol. The summed E-state index contributed by atoms with van der Waals surface area (Å²) in [6.45, 7) is 7.04. The second kappa shape index (κ2) is 7.29. The van der Waals surface area contributed by atoms with Crippen molar-refractivity contribution in [1.82, 2.24) is 24.7 Å². The van der Waals surface area contributed by atoms with E-state index in [-0.39, 0.29) is 0 Å². The van der Waals surface area contributed by atoms with E-state index in [1.165, 1.54) is 5.56 Å². The molecule has 1 fully saturated rings. The fourth-order valence-electron chi connectivity index (χ4n) is 3.44. The van der Waals surface area contributed by atoms with Crippen LogP contribution in [0.2, 0.25) is 0 Å². The van der Waals surface area contributed by atoms with Gasteiger partial charge in [-0.15, -0.1) is 10.2 Å². The minimum absolute atomic E-state index is 0.837. The van der Waals surface area contributed by atoms with Crippen LogP contribution >= 0.6 is 0 Å². The number of hydrogen-bond acceptors (Lipinski definition) is 6. The first-order valence-electron chi connectivity index (χ1n) is 9.07. The quantitative estimate of drug-likeness (QED) is 0.700. The summed E-state index contributed by atoms with van der Waals surface area (Å²) in [6.07, 6.45) is 2.58. The number of rotatable bonds is 5. The molecular weight excluding hydrogens is 328 g/mol. The second-order valence-corrected chi connectivity index (χ2v) is 6.59. The van der Waals surface area contributed by atoms with Crippen molar-refractivity contribution in [3.63, 3.8) is 0 Å². The highest BCUT2D eigenvalue weighted by Gasteiger charge is 2.21. The van der Waals surface area contributed by atoms with Crippen molar-refractivity contribution < 1.29 is 4.74 Å². The maximum Gasteiger partial charge on any atom is 0.200 e. The molecule has 0 radical (unpaired) electrons. The van der Waals surface area contributed by atoms with Crippen LogP contribution in [0.4, 0.5) is 5.69 Å². The van der Waals surface area contributed by atoms with Gasteiger partial charge in [0.05, 0.1) is 18.5 Å². The molecular formula is C19H24N6O. The maximum absolute atomic E-state index is 5.33. The standard InChI is InChI=1S/C19H24N6O/c1-3-16-12-18(19-21-20-14-25(19)22-16)24-9-7-23(8-10-24)13-15-5-4-6-17(11-15)26-2/h4-6,11-12,14H,3,7-10,13H2,1-2H3. The number of aromatic nitrogens is 4. The molecule has 1 aliphatic rings. The molecule has 26 heavy (non-hydrogen) atoms. The zero-order valence-corrected chi connectivity index (χ0v) is 15.3. The van der Waals surface area contributed by atoms with E-state index in [2.05, 4.69) is 56.3 Å². The lowest BCUT2D eigenvalue weighted by Gasteiger charge is -2.36. The summed E-state index contributed by atoms with van der Waals surface area (Å²) in [4.78, 5) is 4.88. The summed E-state index contributed by atoms with van der Waals surface area (Å²) in [5.41, 5.74) is 4.32. The topological polar surface area (TPSA) is 58.8 Å². The molecule has 0 saturated carbocycles. The average Bonchev–Trinajstić information content (AvgIpc) is 3.16. The lowest BCUT2D eigenvalue weighted by atomic mass is 10.1. The molecule has 1 aromatic carbocycles. The van der Waals surface area contributed by atoms with E-state index in [0.29, 0.717) is 0 Å². The summed E-state index contributed by atoms with van der Waals surface area (Å²) in [5.74, 6) is 0.916. The van der Waals surface area contributed by atoms with Crippen LogP contribution in [-0.4, -0.2) is 58.0 Å². The van der Waals surface area contributed by atoms with Gasteiger partial charge in [-0.1, -0.05) is 19.1 Å². The maximum atomic E-state index is 5.33. The van der Waals surface area contributed by atoms with Crippen LogP contribution in [0.25, 0.3) is 5.65 Å². The Morgan fingerprint density at radius 2 is 1.96 bits per heavy atom. The number of benzene rings is 1. The lowest BCUT2D eigenvalue weighted by molar-refractivity contribution is 0.249. The van der Waals surface area contributed by atoms with Gasteiger partial charge < -0.3 is 9.64 Å². The van der Waals surface area contributed by atoms with Gasteiger partial charge in [-0.25, -0.2) is 0 Å². The van der Waals surface area contributed by atoms with E-state index in [0.717, 1.165) is 61.9 Å². The molecule has 3 aromatic rings. The van der Waals surface area contributed by atoms with Crippen LogP contribution in [0.1, 0.15) is 18.2 Å². The van der Waals surface area contributed by atoms with Gasteiger partial charge in [0, 0.05) is 32.7 Å². The Morgan fingerprint density at radius 1 is 1.12 bits per heavy atom. The van der Waals surface area contributed by atoms with Crippen LogP contribution in [-0.2, 0) is 13.0 Å². The van der Waals surface area contributed by atoms with Crippen LogP contribution in [0.5, 0.6) is 5.75 Å². The first kappa shape index (κ1) is 16.8. The minimum Gasteiger partial charge on any atom is -0.497 e. The lowest BCUT2D eigenvalue weighted by Crippen LogP contribution is -2.46. The third kappa shape index (κ3) is 3.35. The van der Waals surface area contributed by atoms with Crippen molar-refractivity contribution in [3.8, 4) is 5.75 Å². The molecule has 0 N–H and O–H groups in total. The number of anilines is 1. The molecule has 3 heterocycles. The van der Waals surface area contributed by atoms with Crippen LogP contribution in [0.3, 0.4) is 0 Å². The molecule has 1 aliphatic heterocycles. The average molecular weight is 352 g/mol. The largest absolute Gasteiger partial charge is 0.497 e. The number of ether oxygens (including phenoxy) is 1. The number of fused-ring (bicyclic) bond motifs is 1. The molecule has 0 atom stereocenters. The summed E-state index contributed by atoms with van der Waals surface area (Å²) in [6, 6.07) is 10.5. The molecule has 0 amide bonds. The predicted octanol–water partition coefficient (Wildman–Crippen LogP) is 2.02. The highest BCUT2D eigenvalue weighted by atomic mass is 16.5. The number of aryl methyl sites for hydroxylation is 1. The van der Waals surface area contributed by atoms with Crippen molar-refractivity contribution in [1.29, 1.82) is 0 Å². The highest BCUT2D eigenvalue weighted by Crippen LogP contribution is 2.23. The zero-order chi connectivity index (χ0) is 17.9. The molecule has 4 rings (SSSR count). The molecule has 136 valence electrons. The molecule has 0 aliphatic carbocycles. The van der Waals surface area contributed by atoms with E-state index in [1.54, 1.807) is 18.0 Å². The van der Waals surface area contributed by atoms with Gasteiger partial charge in [0.1, 0.15) is 12.1 Å². The summed E-state index contributed by atoms with van der Waals surface area (Å²) in [7, 11) is 1.71. The van der Waals surface area contributed by atoms with E-state index in [9.17, 15) is 0 Å². The Bertz CT molecular complexity index is 885. The zero-order valence-electron chi connectivity index (χ0n) is 15.3. The summed E-state index contributed by atoms with van der Waals surface area (Å²) in [5, 5.41) is 12.8. The van der Waals surface area contributed by atoms with Gasteiger partial charge in [-0.3, -0.25) is 4.90 Å². The minimum atomic E-state index is 0.837.